The smallest absolute Gasteiger partial charge is 0.320 e. The zero-order valence-electron chi connectivity index (χ0n) is 21.0. The van der Waals surface area contributed by atoms with E-state index >= 15 is 0 Å². The van der Waals surface area contributed by atoms with E-state index in [2.05, 4.69) is 38.8 Å². The highest BCUT2D eigenvalue weighted by molar-refractivity contribution is 5.82. The fourth-order valence-corrected chi connectivity index (χ4v) is 5.64. The van der Waals surface area contributed by atoms with Crippen LogP contribution in [0.1, 0.15) is 29.9 Å². The van der Waals surface area contributed by atoms with Gasteiger partial charge in [-0.15, -0.1) is 0 Å². The molecule has 2 aromatic heterocycles. The molecule has 1 aromatic carbocycles. The second-order valence-corrected chi connectivity index (χ2v) is 10.0. The number of benzene rings is 1. The van der Waals surface area contributed by atoms with Gasteiger partial charge in [0.05, 0.1) is 57.4 Å². The summed E-state index contributed by atoms with van der Waals surface area (Å²) in [6.45, 7) is 7.97. The number of hydrogen-bond donors (Lipinski definition) is 1. The first-order chi connectivity index (χ1) is 17.6. The third kappa shape index (κ3) is 4.43. The fraction of sp³-hybridized carbons (Fsp3) is 0.577. The molecule has 10 nitrogen and oxygen atoms in total. The molecule has 3 aromatic rings. The van der Waals surface area contributed by atoms with Crippen LogP contribution in [0.15, 0.2) is 24.4 Å². The molecular formula is C26H34N6O4. The molecule has 0 saturated carbocycles. The molecule has 0 amide bonds. The molecule has 0 spiro atoms. The van der Waals surface area contributed by atoms with Gasteiger partial charge >= 0.3 is 6.01 Å². The Morgan fingerprint density at radius 3 is 2.61 bits per heavy atom. The van der Waals surface area contributed by atoms with E-state index < -0.39 is 0 Å². The summed E-state index contributed by atoms with van der Waals surface area (Å²) in [6.07, 6.45) is 3.98. The van der Waals surface area contributed by atoms with Gasteiger partial charge in [0.2, 0.25) is 0 Å². The van der Waals surface area contributed by atoms with Crippen molar-refractivity contribution >= 4 is 16.7 Å². The lowest BCUT2D eigenvalue weighted by molar-refractivity contribution is -0.0712. The van der Waals surface area contributed by atoms with Crippen LogP contribution < -0.4 is 9.64 Å². The monoisotopic (exact) mass is 494 g/mol. The van der Waals surface area contributed by atoms with Gasteiger partial charge in [-0.1, -0.05) is 0 Å². The molecule has 1 atom stereocenters. The van der Waals surface area contributed by atoms with Crippen molar-refractivity contribution in [3.63, 3.8) is 0 Å². The first-order valence-corrected chi connectivity index (χ1v) is 12.8. The number of rotatable bonds is 6. The summed E-state index contributed by atoms with van der Waals surface area (Å²) >= 11 is 0. The maximum atomic E-state index is 9.56. The number of likely N-dealkylation sites (tertiary alicyclic amines) is 1. The first kappa shape index (κ1) is 23.6. The molecule has 3 aliphatic rings. The number of methoxy groups -OCH3 is 1. The lowest BCUT2D eigenvalue weighted by atomic mass is 9.85. The zero-order chi connectivity index (χ0) is 24.6. The Hall–Kier alpha value is -2.79. The van der Waals surface area contributed by atoms with E-state index in [1.807, 2.05) is 16.9 Å². The minimum Gasteiger partial charge on any atom is -0.467 e. The van der Waals surface area contributed by atoms with Gasteiger partial charge in [0.25, 0.3) is 0 Å². The average molecular weight is 495 g/mol. The molecule has 5 heterocycles. The Morgan fingerprint density at radius 2 is 1.89 bits per heavy atom. The van der Waals surface area contributed by atoms with Crippen molar-refractivity contribution in [1.29, 1.82) is 0 Å². The predicted octanol–water partition coefficient (Wildman–Crippen LogP) is 1.91. The van der Waals surface area contributed by atoms with E-state index in [0.29, 0.717) is 37.5 Å². The van der Waals surface area contributed by atoms with E-state index in [1.54, 1.807) is 7.11 Å². The van der Waals surface area contributed by atoms with E-state index in [-0.39, 0.29) is 18.7 Å². The van der Waals surface area contributed by atoms with Crippen molar-refractivity contribution in [2.75, 3.05) is 64.6 Å². The number of aliphatic hydroxyl groups is 1. The molecule has 3 fully saturated rings. The third-order valence-corrected chi connectivity index (χ3v) is 7.81. The summed E-state index contributed by atoms with van der Waals surface area (Å²) in [7, 11) is 1.57. The number of morpholine rings is 1. The molecule has 0 aliphatic carbocycles. The van der Waals surface area contributed by atoms with Crippen molar-refractivity contribution in [3.05, 3.63) is 35.5 Å². The van der Waals surface area contributed by atoms with E-state index in [4.69, 9.17) is 19.3 Å². The second kappa shape index (κ2) is 9.93. The normalized spacial score (nSPS) is 22.2. The van der Waals surface area contributed by atoms with Gasteiger partial charge in [-0.2, -0.15) is 15.1 Å². The van der Waals surface area contributed by atoms with Crippen LogP contribution in [-0.2, 0) is 9.47 Å². The molecular weight excluding hydrogens is 460 g/mol. The SMILES string of the molecule is COc1nc(N2CCO[C@@H](CO)C2)cc(-n2ncc3cc(C)c(C4CCN(C5COC5)CC4)cc32)n1. The number of fused-ring (bicyclic) bond motifs is 1. The number of ether oxygens (including phenoxy) is 3. The van der Waals surface area contributed by atoms with Crippen molar-refractivity contribution in [3.8, 4) is 11.8 Å². The number of aromatic nitrogens is 4. The molecule has 3 aliphatic heterocycles. The van der Waals surface area contributed by atoms with Gasteiger partial charge in [0, 0.05) is 24.5 Å². The highest BCUT2D eigenvalue weighted by Gasteiger charge is 2.31. The summed E-state index contributed by atoms with van der Waals surface area (Å²) in [6, 6.07) is 7.38. The van der Waals surface area contributed by atoms with Crippen LogP contribution in [0.3, 0.4) is 0 Å². The van der Waals surface area contributed by atoms with Gasteiger partial charge in [0.15, 0.2) is 5.82 Å². The van der Waals surface area contributed by atoms with Gasteiger partial charge in [0.1, 0.15) is 5.82 Å². The summed E-state index contributed by atoms with van der Waals surface area (Å²) in [5, 5.41) is 15.4. The highest BCUT2D eigenvalue weighted by atomic mass is 16.5. The van der Waals surface area contributed by atoms with Crippen molar-refractivity contribution in [2.45, 2.75) is 37.8 Å². The molecule has 0 unspecified atom stereocenters. The van der Waals surface area contributed by atoms with Gasteiger partial charge < -0.3 is 24.2 Å². The molecule has 192 valence electrons. The lowest BCUT2D eigenvalue weighted by Gasteiger charge is -2.41. The maximum Gasteiger partial charge on any atom is 0.320 e. The topological polar surface area (TPSA) is 98.0 Å². The first-order valence-electron chi connectivity index (χ1n) is 12.8. The van der Waals surface area contributed by atoms with Crippen LogP contribution in [0.2, 0.25) is 0 Å². The fourth-order valence-electron chi connectivity index (χ4n) is 5.64. The van der Waals surface area contributed by atoms with Crippen LogP contribution in [0.25, 0.3) is 16.7 Å². The molecule has 3 saturated heterocycles. The Labute approximate surface area is 210 Å². The Morgan fingerprint density at radius 1 is 1.08 bits per heavy atom. The average Bonchev–Trinajstić information content (AvgIpc) is 3.30. The second-order valence-electron chi connectivity index (χ2n) is 10.0. The molecule has 0 bridgehead atoms. The quantitative estimate of drug-likeness (QED) is 0.551. The molecule has 36 heavy (non-hydrogen) atoms. The van der Waals surface area contributed by atoms with Crippen LogP contribution in [0, 0.1) is 6.92 Å². The van der Waals surface area contributed by atoms with E-state index in [1.165, 1.54) is 11.1 Å². The molecule has 0 radical (unpaired) electrons. The maximum absolute atomic E-state index is 9.56. The number of aliphatic hydroxyl groups excluding tert-OH is 1. The van der Waals surface area contributed by atoms with Crippen molar-refractivity contribution < 1.29 is 19.3 Å². The van der Waals surface area contributed by atoms with Crippen LogP contribution in [0.4, 0.5) is 5.82 Å². The summed E-state index contributed by atoms with van der Waals surface area (Å²) in [5.41, 5.74) is 3.75. The van der Waals surface area contributed by atoms with Gasteiger partial charge in [-0.25, -0.2) is 4.68 Å². The largest absolute Gasteiger partial charge is 0.467 e. The standard InChI is InChI=1S/C26H34N6O4/c1-17-9-19-12-27-32(23(19)10-22(17)18-3-5-30(6-4-18)20-15-35-16-20)25-11-24(28-26(29-25)34-2)31-7-8-36-21(13-31)14-33/h9-12,18,20-21,33H,3-8,13-16H2,1-2H3/t21-/m1/s1. The van der Waals surface area contributed by atoms with Crippen LogP contribution >= 0.6 is 0 Å². The molecule has 6 rings (SSSR count). The van der Waals surface area contributed by atoms with Gasteiger partial charge in [-0.3, -0.25) is 4.90 Å². The Bertz CT molecular complexity index is 1220. The van der Waals surface area contributed by atoms with Gasteiger partial charge in [-0.05, 0) is 62.0 Å². The number of hydrogen-bond acceptors (Lipinski definition) is 9. The van der Waals surface area contributed by atoms with Crippen LogP contribution in [-0.4, -0.2) is 102 Å². The Balaban J connectivity index is 1.31. The summed E-state index contributed by atoms with van der Waals surface area (Å²) in [4.78, 5) is 13.9. The summed E-state index contributed by atoms with van der Waals surface area (Å²) in [5.74, 6) is 1.93. The highest BCUT2D eigenvalue weighted by Crippen LogP contribution is 2.34. The van der Waals surface area contributed by atoms with Crippen molar-refractivity contribution in [1.82, 2.24) is 24.6 Å². The lowest BCUT2D eigenvalue weighted by Crippen LogP contribution is -2.51. The minimum absolute atomic E-state index is 0.0230. The Kier molecular flexibility index (Phi) is 6.51. The third-order valence-electron chi connectivity index (χ3n) is 7.81. The van der Waals surface area contributed by atoms with E-state index in [0.717, 1.165) is 55.9 Å². The molecule has 10 heteroatoms. The number of aryl methyl sites for hydroxylation is 1. The summed E-state index contributed by atoms with van der Waals surface area (Å²) < 4.78 is 18.3. The van der Waals surface area contributed by atoms with E-state index in [9.17, 15) is 5.11 Å². The zero-order valence-corrected chi connectivity index (χ0v) is 21.0. The minimum atomic E-state index is -0.234. The molecule has 1 N–H and O–H groups in total. The number of anilines is 1. The predicted molar refractivity (Wildman–Crippen MR) is 135 cm³/mol. The number of nitrogens with zero attached hydrogens (tertiary/aromatic N) is 6. The van der Waals surface area contributed by atoms with Crippen molar-refractivity contribution in [2.24, 2.45) is 0 Å². The number of piperidine rings is 1. The van der Waals surface area contributed by atoms with Crippen LogP contribution in [0.5, 0.6) is 6.01 Å².